The Kier molecular flexibility index (Phi) is 4.83. The Balaban J connectivity index is 1.47. The zero-order chi connectivity index (χ0) is 19.0. The number of carbonyl (C=O) groups is 2. The van der Waals surface area contributed by atoms with Crippen LogP contribution in [0.25, 0.3) is 5.57 Å². The fraction of sp³-hybridized carbons (Fsp3) is 0. The van der Waals surface area contributed by atoms with Crippen molar-refractivity contribution in [3.8, 4) is 0 Å². The van der Waals surface area contributed by atoms with E-state index in [2.05, 4.69) is 5.32 Å². The van der Waals surface area contributed by atoms with Crippen LogP contribution in [0.5, 0.6) is 0 Å². The first-order valence-corrected chi connectivity index (χ1v) is 9.54. The average molecular weight is 415 g/mol. The standard InChI is InChI=1S/C20H12Cl2N2O2S/c21-14-8-4-7-13(11-14)19(25)23-20(26)27-24-16-10-9-15(18(24)17(16)22)12-5-2-1-3-6-12/h1-11H,(H,23,25,26). The van der Waals surface area contributed by atoms with Crippen LogP contribution in [0.1, 0.15) is 15.9 Å². The molecule has 0 aliphatic carbocycles. The van der Waals surface area contributed by atoms with E-state index in [0.717, 1.165) is 34.5 Å². The number of hydrogen-bond acceptors (Lipinski definition) is 4. The predicted octanol–water partition coefficient (Wildman–Crippen LogP) is 5.59. The van der Waals surface area contributed by atoms with E-state index in [0.29, 0.717) is 15.6 Å². The Morgan fingerprint density at radius 1 is 0.963 bits per heavy atom. The van der Waals surface area contributed by atoms with Crippen LogP contribution in [-0.2, 0) is 0 Å². The fourth-order valence-corrected chi connectivity index (χ4v) is 4.28. The molecule has 0 saturated carbocycles. The van der Waals surface area contributed by atoms with Crippen LogP contribution >= 0.6 is 35.1 Å². The third-order valence-electron chi connectivity index (χ3n) is 4.08. The van der Waals surface area contributed by atoms with Gasteiger partial charge < -0.3 is 0 Å². The summed E-state index contributed by atoms with van der Waals surface area (Å²) in [5.74, 6) is -0.506. The number of fused-ring (bicyclic) bond motifs is 2. The van der Waals surface area contributed by atoms with Crippen LogP contribution < -0.4 is 5.32 Å². The highest BCUT2D eigenvalue weighted by atomic mass is 35.5. The molecule has 0 saturated heterocycles. The molecule has 0 radical (unpaired) electrons. The summed E-state index contributed by atoms with van der Waals surface area (Å²) < 4.78 is 1.73. The Morgan fingerprint density at radius 2 is 1.74 bits per heavy atom. The van der Waals surface area contributed by atoms with Gasteiger partial charge in [-0.3, -0.25) is 19.2 Å². The number of halogens is 2. The molecule has 0 atom stereocenters. The molecule has 7 heteroatoms. The third kappa shape index (κ3) is 3.41. The van der Waals surface area contributed by atoms with E-state index in [1.54, 1.807) is 22.5 Å². The largest absolute Gasteiger partial charge is 0.306 e. The second-order valence-corrected chi connectivity index (χ2v) is 7.53. The summed E-state index contributed by atoms with van der Waals surface area (Å²) in [5.41, 5.74) is 3.75. The zero-order valence-electron chi connectivity index (χ0n) is 13.8. The van der Waals surface area contributed by atoms with E-state index in [1.807, 2.05) is 42.5 Å². The Morgan fingerprint density at radius 3 is 2.44 bits per heavy atom. The molecule has 0 unspecified atom stereocenters. The van der Waals surface area contributed by atoms with Crippen LogP contribution in [-0.4, -0.2) is 15.5 Å². The van der Waals surface area contributed by atoms with E-state index < -0.39 is 11.1 Å². The molecule has 4 nitrogen and oxygen atoms in total. The molecule has 2 aliphatic rings. The minimum absolute atomic E-state index is 0.321. The number of carbonyl (C=O) groups excluding carboxylic acids is 2. The SMILES string of the molecule is O=C(NC(=O)c1cccc(Cl)c1)SN1c2ccc(-c3ccccc3)c1c2Cl. The van der Waals surface area contributed by atoms with Gasteiger partial charge in [-0.15, -0.1) is 0 Å². The summed E-state index contributed by atoms with van der Waals surface area (Å²) in [6, 6.07) is 16.2. The van der Waals surface area contributed by atoms with Gasteiger partial charge in [0.1, 0.15) is 0 Å². The summed E-state index contributed by atoms with van der Waals surface area (Å²) in [6.45, 7) is 0. The maximum absolute atomic E-state index is 12.3. The van der Waals surface area contributed by atoms with Crippen molar-refractivity contribution in [1.29, 1.82) is 0 Å². The minimum Gasteiger partial charge on any atom is -0.282 e. The molecule has 27 heavy (non-hydrogen) atoms. The lowest BCUT2D eigenvalue weighted by atomic mass is 9.93. The lowest BCUT2D eigenvalue weighted by molar-refractivity contribution is 0.0969. The number of hydrogen-bond donors (Lipinski definition) is 1. The highest BCUT2D eigenvalue weighted by Crippen LogP contribution is 2.51. The maximum Gasteiger partial charge on any atom is 0.306 e. The van der Waals surface area contributed by atoms with Gasteiger partial charge in [0, 0.05) is 16.2 Å². The van der Waals surface area contributed by atoms with Crippen LogP contribution in [0.3, 0.4) is 0 Å². The van der Waals surface area contributed by atoms with Crippen LogP contribution in [0.2, 0.25) is 5.02 Å². The lowest BCUT2D eigenvalue weighted by Crippen LogP contribution is -2.35. The van der Waals surface area contributed by atoms with Crippen molar-refractivity contribution in [2.75, 3.05) is 0 Å². The number of nitrogens with zero attached hydrogens (tertiary/aromatic N) is 1. The first-order chi connectivity index (χ1) is 13.0. The van der Waals surface area contributed by atoms with Crippen molar-refractivity contribution < 1.29 is 9.59 Å². The summed E-state index contributed by atoms with van der Waals surface area (Å²) in [6.07, 6.45) is 3.83. The average Bonchev–Trinajstić information content (AvgIpc) is 2.68. The maximum atomic E-state index is 12.3. The Labute approximate surface area is 170 Å². The number of benzene rings is 2. The van der Waals surface area contributed by atoms with Crippen molar-refractivity contribution in [2.45, 2.75) is 0 Å². The topological polar surface area (TPSA) is 49.4 Å². The van der Waals surface area contributed by atoms with Gasteiger partial charge >= 0.3 is 5.24 Å². The minimum atomic E-state index is -0.506. The monoisotopic (exact) mass is 414 g/mol. The highest BCUT2D eigenvalue weighted by Gasteiger charge is 2.38. The van der Waals surface area contributed by atoms with Crippen LogP contribution in [0.15, 0.2) is 83.2 Å². The van der Waals surface area contributed by atoms with Gasteiger partial charge in [-0.25, -0.2) is 0 Å². The number of amides is 2. The zero-order valence-corrected chi connectivity index (χ0v) is 16.1. The number of rotatable bonds is 3. The van der Waals surface area contributed by atoms with Gasteiger partial charge in [0.15, 0.2) is 0 Å². The van der Waals surface area contributed by atoms with Gasteiger partial charge in [-0.1, -0.05) is 65.7 Å². The van der Waals surface area contributed by atoms with Gasteiger partial charge in [-0.2, -0.15) is 0 Å². The van der Waals surface area contributed by atoms with Gasteiger partial charge in [-0.05, 0) is 29.8 Å². The molecule has 2 aliphatic heterocycles. The highest BCUT2D eigenvalue weighted by molar-refractivity contribution is 8.11. The number of nitrogens with one attached hydrogen (secondary N) is 1. The van der Waals surface area contributed by atoms with Gasteiger partial charge in [0.05, 0.1) is 28.4 Å². The molecule has 2 aromatic carbocycles. The summed E-state index contributed by atoms with van der Waals surface area (Å²) in [4.78, 5) is 24.5. The number of imide groups is 1. The predicted molar refractivity (Wildman–Crippen MR) is 109 cm³/mol. The van der Waals surface area contributed by atoms with Gasteiger partial charge in [0.2, 0.25) is 0 Å². The normalized spacial score (nSPS) is 15.0. The van der Waals surface area contributed by atoms with Crippen molar-refractivity contribution in [3.63, 3.8) is 0 Å². The Bertz CT molecular complexity index is 1040. The second-order valence-electron chi connectivity index (χ2n) is 5.80. The molecule has 0 fully saturated rings. The van der Waals surface area contributed by atoms with Gasteiger partial charge in [0.25, 0.3) is 5.91 Å². The molecule has 2 heterocycles. The smallest absolute Gasteiger partial charge is 0.282 e. The van der Waals surface area contributed by atoms with E-state index >= 15 is 0 Å². The van der Waals surface area contributed by atoms with Crippen molar-refractivity contribution >= 4 is 51.9 Å². The molecular formula is C20H12Cl2N2O2S. The Hall–Kier alpha value is -2.47. The molecule has 2 bridgehead atoms. The van der Waals surface area contributed by atoms with Crippen molar-refractivity contribution in [2.24, 2.45) is 0 Å². The summed E-state index contributed by atoms with van der Waals surface area (Å²) in [5, 5.41) is 2.89. The van der Waals surface area contributed by atoms with Crippen LogP contribution in [0, 0.1) is 0 Å². The molecule has 1 N–H and O–H groups in total. The van der Waals surface area contributed by atoms with E-state index in [9.17, 15) is 9.59 Å². The molecule has 134 valence electrons. The molecule has 0 aromatic heterocycles. The first kappa shape index (κ1) is 17.9. The lowest BCUT2D eigenvalue weighted by Gasteiger charge is -2.40. The van der Waals surface area contributed by atoms with Crippen LogP contribution in [0.4, 0.5) is 4.79 Å². The molecule has 0 spiro atoms. The van der Waals surface area contributed by atoms with E-state index in [-0.39, 0.29) is 0 Å². The number of allylic oxidation sites excluding steroid dienone is 4. The third-order valence-corrected chi connectivity index (χ3v) is 5.52. The van der Waals surface area contributed by atoms with E-state index in [1.165, 1.54) is 6.07 Å². The molecular weight excluding hydrogens is 403 g/mol. The molecule has 2 amide bonds. The van der Waals surface area contributed by atoms with E-state index in [4.69, 9.17) is 23.2 Å². The second kappa shape index (κ2) is 7.27. The summed E-state index contributed by atoms with van der Waals surface area (Å²) >= 11 is 13.1. The quantitative estimate of drug-likeness (QED) is 0.665. The summed E-state index contributed by atoms with van der Waals surface area (Å²) in [7, 11) is 0. The molecule has 2 aromatic rings. The fourth-order valence-electron chi connectivity index (χ4n) is 2.82. The first-order valence-electron chi connectivity index (χ1n) is 8.01. The van der Waals surface area contributed by atoms with Crippen molar-refractivity contribution in [1.82, 2.24) is 9.62 Å². The molecule has 4 rings (SSSR count). The van der Waals surface area contributed by atoms with Crippen molar-refractivity contribution in [3.05, 3.63) is 99.3 Å².